The number of carboxylic acid groups (broad SMARTS) is 1. The number of carbonyl (C=O) groups is 4. The SMILES string of the molecule is O=C(O)CCCN1C(=O)SC(=CC(=O)c2ccccc2)C1=O. The first-order valence-electron chi connectivity index (χ1n) is 6.55. The molecular weight excluding hydrogens is 306 g/mol. The molecule has 0 unspecified atom stereocenters. The van der Waals surface area contributed by atoms with Gasteiger partial charge in [-0.2, -0.15) is 0 Å². The van der Waals surface area contributed by atoms with Crippen molar-refractivity contribution in [1.29, 1.82) is 0 Å². The first-order valence-corrected chi connectivity index (χ1v) is 7.37. The summed E-state index contributed by atoms with van der Waals surface area (Å²) >= 11 is 0.694. The lowest BCUT2D eigenvalue weighted by atomic mass is 10.1. The van der Waals surface area contributed by atoms with E-state index in [0.29, 0.717) is 17.3 Å². The molecule has 0 radical (unpaired) electrons. The molecule has 0 aliphatic carbocycles. The Bertz CT molecular complexity index is 653. The predicted octanol–water partition coefficient (Wildman–Crippen LogP) is 2.31. The summed E-state index contributed by atoms with van der Waals surface area (Å²) in [5, 5.41) is 8.08. The number of carbonyl (C=O) groups excluding carboxylic acids is 3. The highest BCUT2D eigenvalue weighted by atomic mass is 32.2. The van der Waals surface area contributed by atoms with Crippen LogP contribution in [0.25, 0.3) is 0 Å². The van der Waals surface area contributed by atoms with Crippen molar-refractivity contribution in [2.75, 3.05) is 6.54 Å². The molecule has 0 aromatic heterocycles. The highest BCUT2D eigenvalue weighted by molar-refractivity contribution is 8.18. The Kier molecular flexibility index (Phi) is 5.11. The number of hydrogen-bond donors (Lipinski definition) is 1. The minimum Gasteiger partial charge on any atom is -0.481 e. The van der Waals surface area contributed by atoms with Crippen LogP contribution in [-0.2, 0) is 9.59 Å². The third-order valence-corrected chi connectivity index (χ3v) is 3.87. The molecule has 0 atom stereocenters. The third-order valence-electron chi connectivity index (χ3n) is 2.97. The van der Waals surface area contributed by atoms with Crippen molar-refractivity contribution >= 4 is 34.7 Å². The summed E-state index contributed by atoms with van der Waals surface area (Å²) in [6.45, 7) is 0.0355. The monoisotopic (exact) mass is 319 g/mol. The van der Waals surface area contributed by atoms with Crippen LogP contribution in [0, 0.1) is 0 Å². The molecule has 6 nitrogen and oxygen atoms in total. The van der Waals surface area contributed by atoms with Gasteiger partial charge in [0.05, 0.1) is 4.91 Å². The second kappa shape index (κ2) is 7.04. The van der Waals surface area contributed by atoms with Crippen molar-refractivity contribution in [2.24, 2.45) is 0 Å². The van der Waals surface area contributed by atoms with Gasteiger partial charge in [-0.1, -0.05) is 30.3 Å². The zero-order chi connectivity index (χ0) is 16.1. The van der Waals surface area contributed by atoms with Crippen LogP contribution < -0.4 is 0 Å². The van der Waals surface area contributed by atoms with Crippen LogP contribution in [0.1, 0.15) is 23.2 Å². The van der Waals surface area contributed by atoms with Crippen LogP contribution in [0.5, 0.6) is 0 Å². The minimum atomic E-state index is -0.984. The summed E-state index contributed by atoms with van der Waals surface area (Å²) in [5.74, 6) is -1.89. The summed E-state index contributed by atoms with van der Waals surface area (Å²) in [6, 6.07) is 8.43. The summed E-state index contributed by atoms with van der Waals surface area (Å²) < 4.78 is 0. The first kappa shape index (κ1) is 16.0. The molecule has 2 rings (SSSR count). The molecule has 7 heteroatoms. The van der Waals surface area contributed by atoms with Gasteiger partial charge in [-0.25, -0.2) is 0 Å². The highest BCUT2D eigenvalue weighted by Crippen LogP contribution is 2.31. The normalized spacial score (nSPS) is 16.4. The number of benzene rings is 1. The third kappa shape index (κ3) is 3.82. The molecule has 114 valence electrons. The van der Waals surface area contributed by atoms with Gasteiger partial charge in [-0.15, -0.1) is 0 Å². The van der Waals surface area contributed by atoms with E-state index in [2.05, 4.69) is 0 Å². The maximum Gasteiger partial charge on any atom is 0.303 e. The Morgan fingerprint density at radius 1 is 1.18 bits per heavy atom. The number of aliphatic carboxylic acids is 1. The molecule has 0 bridgehead atoms. The van der Waals surface area contributed by atoms with E-state index in [4.69, 9.17) is 5.11 Å². The Morgan fingerprint density at radius 3 is 2.50 bits per heavy atom. The fourth-order valence-electron chi connectivity index (χ4n) is 1.89. The fourth-order valence-corrected chi connectivity index (χ4v) is 2.72. The van der Waals surface area contributed by atoms with Gasteiger partial charge in [-0.3, -0.25) is 24.1 Å². The van der Waals surface area contributed by atoms with Gasteiger partial charge in [0.1, 0.15) is 0 Å². The molecule has 1 N–H and O–H groups in total. The molecule has 1 aromatic rings. The Morgan fingerprint density at radius 2 is 1.86 bits per heavy atom. The number of rotatable bonds is 6. The Hall–Kier alpha value is -2.41. The second-order valence-corrected chi connectivity index (χ2v) is 5.55. The van der Waals surface area contributed by atoms with E-state index in [1.54, 1.807) is 30.3 Å². The maximum atomic E-state index is 12.1. The van der Waals surface area contributed by atoms with E-state index in [0.717, 1.165) is 11.0 Å². The first-order chi connectivity index (χ1) is 10.5. The number of nitrogens with zero attached hydrogens (tertiary/aromatic N) is 1. The summed E-state index contributed by atoms with van der Waals surface area (Å²) in [5.41, 5.74) is 0.431. The molecule has 22 heavy (non-hydrogen) atoms. The van der Waals surface area contributed by atoms with Crippen LogP contribution >= 0.6 is 11.8 Å². The zero-order valence-electron chi connectivity index (χ0n) is 11.5. The highest BCUT2D eigenvalue weighted by Gasteiger charge is 2.35. The van der Waals surface area contributed by atoms with Crippen LogP contribution in [-0.4, -0.2) is 39.5 Å². The van der Waals surface area contributed by atoms with Gasteiger partial charge in [0, 0.05) is 24.6 Å². The van der Waals surface area contributed by atoms with Gasteiger partial charge in [0.25, 0.3) is 11.1 Å². The number of imide groups is 1. The molecule has 1 heterocycles. The van der Waals surface area contributed by atoms with Gasteiger partial charge in [0.15, 0.2) is 5.78 Å². The Labute approximate surface area is 130 Å². The molecule has 1 saturated heterocycles. The van der Waals surface area contributed by atoms with Gasteiger partial charge in [0.2, 0.25) is 0 Å². The molecule has 1 aliphatic rings. The molecule has 2 amide bonds. The number of amides is 2. The van der Waals surface area contributed by atoms with Crippen molar-refractivity contribution in [3.05, 3.63) is 46.9 Å². The zero-order valence-corrected chi connectivity index (χ0v) is 12.3. The quantitative estimate of drug-likeness (QED) is 0.639. The summed E-state index contributed by atoms with van der Waals surface area (Å²) in [6.07, 6.45) is 1.22. The minimum absolute atomic E-state index is 0.0355. The van der Waals surface area contributed by atoms with Gasteiger partial charge < -0.3 is 5.11 Å². The predicted molar refractivity (Wildman–Crippen MR) is 80.4 cm³/mol. The van der Waals surface area contributed by atoms with E-state index in [1.165, 1.54) is 0 Å². The van der Waals surface area contributed by atoms with Crippen molar-refractivity contribution in [3.63, 3.8) is 0 Å². The molecule has 1 aliphatic heterocycles. The van der Waals surface area contributed by atoms with Crippen molar-refractivity contribution in [2.45, 2.75) is 12.8 Å². The average molecular weight is 319 g/mol. The summed E-state index contributed by atoms with van der Waals surface area (Å²) in [7, 11) is 0. The molecule has 1 fully saturated rings. The molecule has 0 saturated carbocycles. The standard InChI is InChI=1S/C15H13NO5S/c17-11(10-5-2-1-3-6-10)9-12-14(20)16(15(21)22-12)8-4-7-13(18)19/h1-3,5-6,9H,4,7-8H2,(H,18,19). The van der Waals surface area contributed by atoms with Crippen molar-refractivity contribution in [1.82, 2.24) is 4.90 Å². The maximum absolute atomic E-state index is 12.1. The van der Waals surface area contributed by atoms with E-state index >= 15 is 0 Å². The van der Waals surface area contributed by atoms with Crippen LogP contribution in [0.2, 0.25) is 0 Å². The van der Waals surface area contributed by atoms with Crippen molar-refractivity contribution < 1.29 is 24.3 Å². The molecule has 0 spiro atoms. The van der Waals surface area contributed by atoms with E-state index in [1.807, 2.05) is 0 Å². The number of carboxylic acids is 1. The molecular formula is C15H13NO5S. The number of hydrogen-bond acceptors (Lipinski definition) is 5. The van der Waals surface area contributed by atoms with E-state index in [-0.39, 0.29) is 30.1 Å². The van der Waals surface area contributed by atoms with Crippen molar-refractivity contribution in [3.8, 4) is 0 Å². The molecule has 1 aromatic carbocycles. The van der Waals surface area contributed by atoms with Gasteiger partial charge >= 0.3 is 5.97 Å². The summed E-state index contributed by atoms with van der Waals surface area (Å²) in [4.78, 5) is 47.3. The van der Waals surface area contributed by atoms with Gasteiger partial charge in [-0.05, 0) is 18.2 Å². The van der Waals surface area contributed by atoms with E-state index < -0.39 is 17.1 Å². The lowest BCUT2D eigenvalue weighted by Crippen LogP contribution is -2.29. The van der Waals surface area contributed by atoms with E-state index in [9.17, 15) is 19.2 Å². The number of ketones is 1. The van der Waals surface area contributed by atoms with Crippen LogP contribution in [0.15, 0.2) is 41.3 Å². The number of allylic oxidation sites excluding steroid dienone is 1. The lowest BCUT2D eigenvalue weighted by molar-refractivity contribution is -0.137. The average Bonchev–Trinajstić information content (AvgIpc) is 2.75. The lowest BCUT2D eigenvalue weighted by Gasteiger charge is -2.10. The second-order valence-electron chi connectivity index (χ2n) is 4.56. The smallest absolute Gasteiger partial charge is 0.303 e. The Balaban J connectivity index is 2.06. The largest absolute Gasteiger partial charge is 0.481 e. The van der Waals surface area contributed by atoms with Crippen LogP contribution in [0.3, 0.4) is 0 Å². The van der Waals surface area contributed by atoms with Crippen LogP contribution in [0.4, 0.5) is 4.79 Å². The number of thioether (sulfide) groups is 1. The topological polar surface area (TPSA) is 91.8 Å². The fraction of sp³-hybridized carbons (Fsp3) is 0.200.